The van der Waals surface area contributed by atoms with Crippen LogP contribution in [0.15, 0.2) is 42.5 Å². The summed E-state index contributed by atoms with van der Waals surface area (Å²) in [4.78, 5) is 12.4. The molecule has 0 fully saturated rings. The van der Waals surface area contributed by atoms with Gasteiger partial charge in [-0.15, -0.1) is 0 Å². The summed E-state index contributed by atoms with van der Waals surface area (Å²) in [5.74, 6) is 5.44. The maximum Gasteiger partial charge on any atom is 0.256 e. The third-order valence-corrected chi connectivity index (χ3v) is 3.18. The van der Waals surface area contributed by atoms with E-state index < -0.39 is 0 Å². The fourth-order valence-electron chi connectivity index (χ4n) is 1.85. The Morgan fingerprint density at radius 1 is 1.29 bits per heavy atom. The molecule has 1 amide bonds. The fourth-order valence-corrected chi connectivity index (χ4v) is 2.03. The molecule has 0 saturated carbocycles. The zero-order valence-electron chi connectivity index (χ0n) is 11.6. The Hall–Kier alpha value is -2.28. The normalized spacial score (nSPS) is 9.67. The molecule has 0 saturated heterocycles. The number of carbonyl (C=O) groups is 1. The van der Waals surface area contributed by atoms with E-state index in [9.17, 15) is 4.79 Å². The summed E-state index contributed by atoms with van der Waals surface area (Å²) in [6.45, 7) is 2.16. The topological polar surface area (TPSA) is 55.1 Å². The van der Waals surface area contributed by atoms with Crippen LogP contribution in [0.5, 0.6) is 0 Å². The number of anilines is 1. The smallest absolute Gasteiger partial charge is 0.256 e. The largest absolute Gasteiger partial charge is 0.322 e. The minimum absolute atomic E-state index is 0.220. The van der Waals surface area contributed by atoms with E-state index in [1.165, 1.54) is 0 Å². The maximum absolute atomic E-state index is 12.4. The highest BCUT2D eigenvalue weighted by atomic mass is 35.5. The summed E-state index contributed by atoms with van der Waals surface area (Å²) in [5.41, 5.74) is 8.17. The molecule has 0 heterocycles. The minimum Gasteiger partial charge on any atom is -0.322 e. The highest BCUT2D eigenvalue weighted by molar-refractivity contribution is 6.31. The molecule has 106 valence electrons. The second kappa shape index (κ2) is 6.94. The van der Waals surface area contributed by atoms with Crippen molar-refractivity contribution in [1.82, 2.24) is 0 Å². The molecule has 2 aromatic carbocycles. The number of benzene rings is 2. The lowest BCUT2D eigenvalue weighted by atomic mass is 10.1. The number of halogens is 1. The maximum atomic E-state index is 12.4. The van der Waals surface area contributed by atoms with E-state index >= 15 is 0 Å². The Labute approximate surface area is 129 Å². The Morgan fingerprint density at radius 3 is 2.81 bits per heavy atom. The van der Waals surface area contributed by atoms with Crippen molar-refractivity contribution < 1.29 is 4.79 Å². The number of aryl methyl sites for hydroxylation is 1. The SMILES string of the molecule is Cc1ccc(Cl)cc1NC(=O)c1ccccc1C#CCN. The number of carbonyl (C=O) groups excluding carboxylic acids is 1. The van der Waals surface area contributed by atoms with Crippen molar-refractivity contribution in [2.24, 2.45) is 5.73 Å². The van der Waals surface area contributed by atoms with Gasteiger partial charge in [-0.3, -0.25) is 4.79 Å². The fraction of sp³-hybridized carbons (Fsp3) is 0.118. The van der Waals surface area contributed by atoms with Crippen LogP contribution in [0.4, 0.5) is 5.69 Å². The van der Waals surface area contributed by atoms with Crippen LogP contribution in [-0.2, 0) is 0 Å². The number of hydrogen-bond acceptors (Lipinski definition) is 2. The van der Waals surface area contributed by atoms with Crippen molar-refractivity contribution >= 4 is 23.2 Å². The molecular formula is C17H15ClN2O. The first-order valence-electron chi connectivity index (χ1n) is 6.47. The van der Waals surface area contributed by atoms with Gasteiger partial charge in [-0.2, -0.15) is 0 Å². The number of nitrogens with one attached hydrogen (secondary N) is 1. The molecule has 0 aliphatic heterocycles. The first-order valence-corrected chi connectivity index (χ1v) is 6.85. The van der Waals surface area contributed by atoms with Crippen molar-refractivity contribution in [2.75, 3.05) is 11.9 Å². The number of rotatable bonds is 2. The third kappa shape index (κ3) is 3.85. The van der Waals surface area contributed by atoms with Crippen LogP contribution in [0.25, 0.3) is 0 Å². The van der Waals surface area contributed by atoms with Crippen molar-refractivity contribution in [1.29, 1.82) is 0 Å². The van der Waals surface area contributed by atoms with Crippen LogP contribution in [0.2, 0.25) is 5.02 Å². The second-order valence-electron chi connectivity index (χ2n) is 4.46. The lowest BCUT2D eigenvalue weighted by Gasteiger charge is -2.10. The lowest BCUT2D eigenvalue weighted by molar-refractivity contribution is 0.102. The van der Waals surface area contributed by atoms with E-state index in [0.717, 1.165) is 5.56 Å². The molecule has 0 radical (unpaired) electrons. The molecule has 0 spiro atoms. The molecule has 2 aromatic rings. The highest BCUT2D eigenvalue weighted by Crippen LogP contribution is 2.21. The Kier molecular flexibility index (Phi) is 4.99. The van der Waals surface area contributed by atoms with Crippen LogP contribution in [0.3, 0.4) is 0 Å². The lowest BCUT2D eigenvalue weighted by Crippen LogP contribution is -2.14. The molecule has 0 atom stereocenters. The summed E-state index contributed by atoms with van der Waals surface area (Å²) < 4.78 is 0. The number of amides is 1. The van der Waals surface area contributed by atoms with Crippen molar-refractivity contribution in [3.63, 3.8) is 0 Å². The Morgan fingerprint density at radius 2 is 2.05 bits per heavy atom. The van der Waals surface area contributed by atoms with Crippen LogP contribution in [0.1, 0.15) is 21.5 Å². The van der Waals surface area contributed by atoms with Gasteiger partial charge in [-0.25, -0.2) is 0 Å². The second-order valence-corrected chi connectivity index (χ2v) is 4.90. The minimum atomic E-state index is -0.220. The summed E-state index contributed by atoms with van der Waals surface area (Å²) in [6.07, 6.45) is 0. The average molecular weight is 299 g/mol. The summed E-state index contributed by atoms with van der Waals surface area (Å²) >= 11 is 5.96. The molecule has 0 bridgehead atoms. The van der Waals surface area contributed by atoms with Crippen molar-refractivity contribution in [2.45, 2.75) is 6.92 Å². The van der Waals surface area contributed by atoms with E-state index in [-0.39, 0.29) is 12.5 Å². The average Bonchev–Trinajstić information content (AvgIpc) is 2.49. The first-order chi connectivity index (χ1) is 10.1. The standard InChI is InChI=1S/C17H15ClN2O/c1-12-8-9-14(18)11-16(12)20-17(21)15-7-3-2-5-13(15)6-4-10-19/h2-3,5,7-9,11H,10,19H2,1H3,(H,20,21). The van der Waals surface area contributed by atoms with Crippen molar-refractivity contribution in [3.05, 3.63) is 64.2 Å². The van der Waals surface area contributed by atoms with Gasteiger partial charge in [0.05, 0.1) is 12.1 Å². The monoisotopic (exact) mass is 298 g/mol. The van der Waals surface area contributed by atoms with E-state index in [0.29, 0.717) is 21.8 Å². The van der Waals surface area contributed by atoms with Gasteiger partial charge in [0.25, 0.3) is 5.91 Å². The van der Waals surface area contributed by atoms with Gasteiger partial charge in [0.1, 0.15) is 0 Å². The molecule has 3 N–H and O–H groups in total. The highest BCUT2D eigenvalue weighted by Gasteiger charge is 2.11. The van der Waals surface area contributed by atoms with Crippen LogP contribution in [0, 0.1) is 18.8 Å². The zero-order valence-corrected chi connectivity index (χ0v) is 12.4. The van der Waals surface area contributed by atoms with Gasteiger partial charge >= 0.3 is 0 Å². The first kappa shape index (κ1) is 15.1. The van der Waals surface area contributed by atoms with Crippen LogP contribution in [-0.4, -0.2) is 12.5 Å². The third-order valence-electron chi connectivity index (χ3n) is 2.94. The summed E-state index contributed by atoms with van der Waals surface area (Å²) in [7, 11) is 0. The Bertz CT molecular complexity index is 729. The van der Waals surface area contributed by atoms with E-state index in [1.54, 1.807) is 30.3 Å². The molecule has 0 aliphatic carbocycles. The molecule has 3 nitrogen and oxygen atoms in total. The summed E-state index contributed by atoms with van der Waals surface area (Å²) in [6, 6.07) is 12.5. The van der Waals surface area contributed by atoms with Crippen LogP contribution < -0.4 is 11.1 Å². The quantitative estimate of drug-likeness (QED) is 0.837. The van der Waals surface area contributed by atoms with Gasteiger partial charge in [0.2, 0.25) is 0 Å². The number of nitrogens with two attached hydrogens (primary N) is 1. The van der Waals surface area contributed by atoms with Crippen LogP contribution >= 0.6 is 11.6 Å². The zero-order chi connectivity index (χ0) is 15.2. The van der Waals surface area contributed by atoms with E-state index in [2.05, 4.69) is 17.2 Å². The van der Waals surface area contributed by atoms with Gasteiger partial charge in [0.15, 0.2) is 0 Å². The molecule has 0 aliphatic rings. The van der Waals surface area contributed by atoms with Gasteiger partial charge in [-0.1, -0.05) is 41.6 Å². The van der Waals surface area contributed by atoms with Gasteiger partial charge in [0, 0.05) is 16.3 Å². The molecule has 21 heavy (non-hydrogen) atoms. The van der Waals surface area contributed by atoms with Gasteiger partial charge < -0.3 is 11.1 Å². The predicted molar refractivity (Wildman–Crippen MR) is 86.5 cm³/mol. The molecule has 0 aromatic heterocycles. The predicted octanol–water partition coefficient (Wildman–Crippen LogP) is 3.21. The molecule has 2 rings (SSSR count). The molecule has 4 heteroatoms. The number of hydrogen-bond donors (Lipinski definition) is 2. The molecular weight excluding hydrogens is 284 g/mol. The Balaban J connectivity index is 2.31. The summed E-state index contributed by atoms with van der Waals surface area (Å²) in [5, 5.41) is 3.44. The van der Waals surface area contributed by atoms with E-state index in [4.69, 9.17) is 17.3 Å². The molecule has 0 unspecified atom stereocenters. The van der Waals surface area contributed by atoms with Gasteiger partial charge in [-0.05, 0) is 36.8 Å². The van der Waals surface area contributed by atoms with E-state index in [1.807, 2.05) is 19.1 Å². The van der Waals surface area contributed by atoms with Crippen molar-refractivity contribution in [3.8, 4) is 11.8 Å².